The molecule has 0 amide bonds. The molecule has 0 aliphatic heterocycles. The van der Waals surface area contributed by atoms with Gasteiger partial charge in [0.25, 0.3) is 10.0 Å². The van der Waals surface area contributed by atoms with Gasteiger partial charge in [0, 0.05) is 19.3 Å². The maximum Gasteiger partial charge on any atom is 0.267 e. The fraction of sp³-hybridized carbons (Fsp3) is 0.0833. The first-order chi connectivity index (χ1) is 9.73. The summed E-state index contributed by atoms with van der Waals surface area (Å²) in [5, 5.41) is 0.0517. The van der Waals surface area contributed by atoms with Gasteiger partial charge in [0.15, 0.2) is 0 Å². The Hall–Kier alpha value is -1.93. The van der Waals surface area contributed by atoms with Crippen molar-refractivity contribution in [3.05, 3.63) is 47.1 Å². The monoisotopic (exact) mass is 333 g/mol. The summed E-state index contributed by atoms with van der Waals surface area (Å²) in [7, 11) is -3.15. The zero-order valence-corrected chi connectivity index (χ0v) is 12.3. The van der Waals surface area contributed by atoms with Crippen LogP contribution in [0.5, 0.6) is 0 Å². The van der Waals surface area contributed by atoms with Crippen molar-refractivity contribution in [1.29, 1.82) is 0 Å². The Morgan fingerprint density at radius 2 is 1.95 bits per heavy atom. The SMILES string of the molecule is CN(c1cc(F)ccc1F)S(=O)(=O)c1cc(Cl)cnc1N. The average molecular weight is 334 g/mol. The molecule has 2 aromatic rings. The minimum atomic E-state index is -4.23. The van der Waals surface area contributed by atoms with Crippen molar-refractivity contribution in [1.82, 2.24) is 4.98 Å². The number of pyridine rings is 1. The van der Waals surface area contributed by atoms with E-state index in [0.29, 0.717) is 4.31 Å². The number of halogens is 3. The van der Waals surface area contributed by atoms with Crippen LogP contribution in [0.15, 0.2) is 35.4 Å². The smallest absolute Gasteiger partial charge is 0.267 e. The molecule has 0 saturated carbocycles. The third kappa shape index (κ3) is 2.91. The van der Waals surface area contributed by atoms with Gasteiger partial charge in [-0.3, -0.25) is 4.31 Å². The maximum atomic E-state index is 13.7. The largest absolute Gasteiger partial charge is 0.383 e. The highest BCUT2D eigenvalue weighted by molar-refractivity contribution is 7.93. The van der Waals surface area contributed by atoms with Gasteiger partial charge in [0.2, 0.25) is 0 Å². The van der Waals surface area contributed by atoms with Gasteiger partial charge in [0.05, 0.1) is 10.7 Å². The molecule has 0 fully saturated rings. The maximum absolute atomic E-state index is 13.7. The van der Waals surface area contributed by atoms with E-state index in [0.717, 1.165) is 31.3 Å². The summed E-state index contributed by atoms with van der Waals surface area (Å²) in [5.74, 6) is -1.95. The number of nitrogens with zero attached hydrogens (tertiary/aromatic N) is 2. The van der Waals surface area contributed by atoms with E-state index in [1.807, 2.05) is 0 Å². The lowest BCUT2D eigenvalue weighted by Gasteiger charge is -2.20. The van der Waals surface area contributed by atoms with E-state index in [9.17, 15) is 17.2 Å². The molecule has 0 aliphatic carbocycles. The summed E-state index contributed by atoms with van der Waals surface area (Å²) >= 11 is 5.69. The second-order valence-corrected chi connectivity index (χ2v) is 6.48. The van der Waals surface area contributed by atoms with Crippen molar-refractivity contribution >= 4 is 33.1 Å². The molecule has 0 atom stereocenters. The zero-order valence-electron chi connectivity index (χ0n) is 10.7. The number of anilines is 2. The number of hydrogen-bond acceptors (Lipinski definition) is 4. The van der Waals surface area contributed by atoms with E-state index in [-0.39, 0.29) is 15.7 Å². The van der Waals surface area contributed by atoms with Crippen molar-refractivity contribution in [2.45, 2.75) is 4.90 Å². The Bertz CT molecular complexity index is 799. The van der Waals surface area contributed by atoms with Crippen LogP contribution in [0.2, 0.25) is 5.02 Å². The molecule has 0 aliphatic rings. The molecule has 0 saturated heterocycles. The minimum absolute atomic E-state index is 0.0517. The van der Waals surface area contributed by atoms with E-state index in [1.54, 1.807) is 0 Å². The molecule has 2 rings (SSSR count). The van der Waals surface area contributed by atoms with Crippen LogP contribution in [0.4, 0.5) is 20.3 Å². The van der Waals surface area contributed by atoms with Crippen LogP contribution in [-0.4, -0.2) is 20.4 Å². The molecule has 0 radical (unpaired) electrons. The Morgan fingerprint density at radius 1 is 1.29 bits per heavy atom. The predicted molar refractivity (Wildman–Crippen MR) is 75.6 cm³/mol. The van der Waals surface area contributed by atoms with Crippen LogP contribution in [-0.2, 0) is 10.0 Å². The molecule has 9 heteroatoms. The Kier molecular flexibility index (Phi) is 4.02. The highest BCUT2D eigenvalue weighted by atomic mass is 35.5. The van der Waals surface area contributed by atoms with Crippen LogP contribution >= 0.6 is 11.6 Å². The number of nitrogens with two attached hydrogens (primary N) is 1. The fourth-order valence-electron chi connectivity index (χ4n) is 1.64. The van der Waals surface area contributed by atoms with E-state index < -0.39 is 27.3 Å². The summed E-state index contributed by atoms with van der Waals surface area (Å²) in [6.07, 6.45) is 1.18. The standard InChI is InChI=1S/C12H10ClF2N3O2S/c1-18(10-5-8(14)2-3-9(10)15)21(19,20)11-4-7(13)6-17-12(11)16/h2-6H,1H3,(H2,16,17). The van der Waals surface area contributed by atoms with Gasteiger partial charge in [-0.25, -0.2) is 22.2 Å². The van der Waals surface area contributed by atoms with Gasteiger partial charge in [-0.05, 0) is 18.2 Å². The summed E-state index contributed by atoms with van der Waals surface area (Å²) in [6.45, 7) is 0. The summed E-state index contributed by atoms with van der Waals surface area (Å²) in [6, 6.07) is 3.57. The second kappa shape index (κ2) is 5.45. The average Bonchev–Trinajstić information content (AvgIpc) is 2.43. The van der Waals surface area contributed by atoms with Crippen molar-refractivity contribution in [2.24, 2.45) is 0 Å². The van der Waals surface area contributed by atoms with Crippen LogP contribution in [0.25, 0.3) is 0 Å². The van der Waals surface area contributed by atoms with Crippen LogP contribution in [0.1, 0.15) is 0 Å². The zero-order chi connectivity index (χ0) is 15.8. The van der Waals surface area contributed by atoms with Gasteiger partial charge in [0.1, 0.15) is 22.3 Å². The molecular formula is C12H10ClF2N3O2S. The van der Waals surface area contributed by atoms with Crippen LogP contribution in [0.3, 0.4) is 0 Å². The normalized spacial score (nSPS) is 11.4. The molecular weight excluding hydrogens is 324 g/mol. The predicted octanol–water partition coefficient (Wildman–Crippen LogP) is 2.42. The number of aromatic nitrogens is 1. The number of sulfonamides is 1. The molecule has 0 bridgehead atoms. The Labute approximate surface area is 125 Å². The van der Waals surface area contributed by atoms with Crippen molar-refractivity contribution in [2.75, 3.05) is 17.1 Å². The lowest BCUT2D eigenvalue weighted by atomic mass is 10.3. The quantitative estimate of drug-likeness (QED) is 0.936. The first-order valence-electron chi connectivity index (χ1n) is 5.58. The first kappa shape index (κ1) is 15.5. The molecule has 0 spiro atoms. The van der Waals surface area contributed by atoms with Gasteiger partial charge in [-0.15, -0.1) is 0 Å². The highest BCUT2D eigenvalue weighted by Crippen LogP contribution is 2.28. The van der Waals surface area contributed by atoms with E-state index in [2.05, 4.69) is 4.98 Å². The lowest BCUT2D eigenvalue weighted by molar-refractivity contribution is 0.585. The summed E-state index contributed by atoms with van der Waals surface area (Å²) in [5.41, 5.74) is 5.07. The summed E-state index contributed by atoms with van der Waals surface area (Å²) in [4.78, 5) is 3.25. The van der Waals surface area contributed by atoms with Crippen molar-refractivity contribution in [3.8, 4) is 0 Å². The molecule has 0 unspecified atom stereocenters. The Balaban J connectivity index is 2.58. The molecule has 5 nitrogen and oxygen atoms in total. The third-order valence-electron chi connectivity index (χ3n) is 2.73. The van der Waals surface area contributed by atoms with E-state index in [1.165, 1.54) is 6.20 Å². The van der Waals surface area contributed by atoms with Crippen LogP contribution < -0.4 is 10.0 Å². The molecule has 1 heterocycles. The van der Waals surface area contributed by atoms with Gasteiger partial charge in [-0.1, -0.05) is 11.6 Å². The fourth-order valence-corrected chi connectivity index (χ4v) is 3.15. The molecule has 112 valence electrons. The van der Waals surface area contributed by atoms with Gasteiger partial charge >= 0.3 is 0 Å². The molecule has 1 aromatic heterocycles. The van der Waals surface area contributed by atoms with E-state index in [4.69, 9.17) is 17.3 Å². The van der Waals surface area contributed by atoms with E-state index >= 15 is 0 Å². The molecule has 2 N–H and O–H groups in total. The number of hydrogen-bond donors (Lipinski definition) is 1. The molecule has 21 heavy (non-hydrogen) atoms. The molecule has 1 aromatic carbocycles. The first-order valence-corrected chi connectivity index (χ1v) is 7.40. The van der Waals surface area contributed by atoms with Crippen molar-refractivity contribution in [3.63, 3.8) is 0 Å². The van der Waals surface area contributed by atoms with Gasteiger partial charge < -0.3 is 5.73 Å². The van der Waals surface area contributed by atoms with Crippen molar-refractivity contribution < 1.29 is 17.2 Å². The lowest BCUT2D eigenvalue weighted by Crippen LogP contribution is -2.28. The minimum Gasteiger partial charge on any atom is -0.383 e. The number of benzene rings is 1. The summed E-state index contributed by atoms with van der Waals surface area (Å²) < 4.78 is 52.3. The number of nitrogen functional groups attached to an aromatic ring is 1. The number of rotatable bonds is 3. The topological polar surface area (TPSA) is 76.3 Å². The highest BCUT2D eigenvalue weighted by Gasteiger charge is 2.27. The van der Waals surface area contributed by atoms with Gasteiger partial charge in [-0.2, -0.15) is 0 Å². The third-order valence-corrected chi connectivity index (χ3v) is 4.74. The van der Waals surface area contributed by atoms with Crippen LogP contribution in [0, 0.1) is 11.6 Å². The Morgan fingerprint density at radius 3 is 2.62 bits per heavy atom. The second-order valence-electron chi connectivity index (χ2n) is 4.11.